The van der Waals surface area contributed by atoms with Gasteiger partial charge in [0.2, 0.25) is 0 Å². The van der Waals surface area contributed by atoms with Crippen LogP contribution in [-0.2, 0) is 5.41 Å². The number of rotatable bonds is 2. The molecule has 4 heterocycles. The second-order valence-electron chi connectivity index (χ2n) is 8.34. The van der Waals surface area contributed by atoms with Crippen LogP contribution in [0.4, 0.5) is 15.9 Å². The lowest BCUT2D eigenvalue weighted by Crippen LogP contribution is -2.34. The molecule has 6 rings (SSSR count). The van der Waals surface area contributed by atoms with Gasteiger partial charge in [0.25, 0.3) is 0 Å². The molecule has 0 saturated heterocycles. The average Bonchev–Trinajstić information content (AvgIpc) is 3.41. The van der Waals surface area contributed by atoms with E-state index in [1.807, 2.05) is 24.4 Å². The van der Waals surface area contributed by atoms with Crippen molar-refractivity contribution in [1.82, 2.24) is 25.1 Å². The van der Waals surface area contributed by atoms with Crippen LogP contribution in [0.25, 0.3) is 22.3 Å². The zero-order valence-corrected chi connectivity index (χ0v) is 16.5. The number of hydrogen-bond donors (Lipinski definition) is 1. The Labute approximate surface area is 173 Å². The molecule has 1 aliphatic carbocycles. The van der Waals surface area contributed by atoms with Crippen molar-refractivity contribution < 1.29 is 4.39 Å². The summed E-state index contributed by atoms with van der Waals surface area (Å²) in [6.07, 6.45) is 10.9. The molecule has 1 fully saturated rings. The third kappa shape index (κ3) is 2.61. The van der Waals surface area contributed by atoms with Crippen molar-refractivity contribution in [2.45, 2.75) is 37.5 Å². The van der Waals surface area contributed by atoms with Gasteiger partial charge in [-0.25, -0.2) is 19.3 Å². The van der Waals surface area contributed by atoms with Gasteiger partial charge in [-0.15, -0.1) is 0 Å². The van der Waals surface area contributed by atoms with Crippen molar-refractivity contribution in [3.8, 4) is 11.3 Å². The fraction of sp³-hybridized carbons (Fsp3) is 0.304. The van der Waals surface area contributed by atoms with E-state index in [0.29, 0.717) is 0 Å². The highest BCUT2D eigenvalue weighted by atomic mass is 19.1. The van der Waals surface area contributed by atoms with Crippen molar-refractivity contribution in [2.24, 2.45) is 0 Å². The standard InChI is InChI=1S/C23H21FN6/c24-16-4-7-20-17(10-16)23(8-2-1-3-9-23)13-30(20)22-21-19(25-14-26-22)6-5-18(29-21)15-11-27-28-12-15/h4-7,10-12,14H,1-3,8-9,13H2,(H,27,28). The normalized spacial score (nSPS) is 17.6. The molecule has 4 aromatic rings. The molecule has 2 aliphatic rings. The number of aromatic amines is 1. The van der Waals surface area contributed by atoms with E-state index in [4.69, 9.17) is 4.98 Å². The number of pyridine rings is 1. The van der Waals surface area contributed by atoms with Gasteiger partial charge in [0.1, 0.15) is 17.7 Å². The quantitative estimate of drug-likeness (QED) is 0.518. The van der Waals surface area contributed by atoms with Gasteiger partial charge in [-0.2, -0.15) is 5.10 Å². The molecule has 0 radical (unpaired) electrons. The Morgan fingerprint density at radius 2 is 1.93 bits per heavy atom. The first kappa shape index (κ1) is 17.5. The molecule has 0 atom stereocenters. The maximum Gasteiger partial charge on any atom is 0.163 e. The Morgan fingerprint density at radius 1 is 1.03 bits per heavy atom. The van der Waals surface area contributed by atoms with E-state index in [1.54, 1.807) is 24.7 Å². The van der Waals surface area contributed by atoms with Crippen LogP contribution in [0.3, 0.4) is 0 Å². The Hall–Kier alpha value is -3.35. The summed E-state index contributed by atoms with van der Waals surface area (Å²) in [5.74, 6) is 0.606. The molecule has 1 spiro atoms. The molecule has 0 amide bonds. The SMILES string of the molecule is Fc1ccc2c(c1)C1(CCCCC1)CN2c1ncnc2ccc(-c3cn[nH]c3)nc12. The van der Waals surface area contributed by atoms with Crippen molar-refractivity contribution in [1.29, 1.82) is 0 Å². The van der Waals surface area contributed by atoms with Gasteiger partial charge in [-0.3, -0.25) is 5.10 Å². The van der Waals surface area contributed by atoms with Gasteiger partial charge in [-0.05, 0) is 48.7 Å². The average molecular weight is 400 g/mol. The molecule has 7 heteroatoms. The van der Waals surface area contributed by atoms with Crippen LogP contribution in [0.5, 0.6) is 0 Å². The van der Waals surface area contributed by atoms with Crippen molar-refractivity contribution >= 4 is 22.5 Å². The fourth-order valence-electron chi connectivity index (χ4n) is 5.16. The van der Waals surface area contributed by atoms with E-state index in [1.165, 1.54) is 19.3 Å². The summed E-state index contributed by atoms with van der Waals surface area (Å²) in [7, 11) is 0. The number of hydrogen-bond acceptors (Lipinski definition) is 5. The number of aromatic nitrogens is 5. The minimum absolute atomic E-state index is 0.0187. The number of H-pyrrole nitrogens is 1. The van der Waals surface area contributed by atoms with Crippen LogP contribution < -0.4 is 4.90 Å². The van der Waals surface area contributed by atoms with Crippen molar-refractivity contribution in [2.75, 3.05) is 11.4 Å². The monoisotopic (exact) mass is 400 g/mol. The maximum absolute atomic E-state index is 14.2. The molecular formula is C23H21FN6. The maximum atomic E-state index is 14.2. The van der Waals surface area contributed by atoms with Gasteiger partial charge in [0, 0.05) is 29.4 Å². The predicted molar refractivity (Wildman–Crippen MR) is 113 cm³/mol. The lowest BCUT2D eigenvalue weighted by atomic mass is 9.71. The number of nitrogens with zero attached hydrogens (tertiary/aromatic N) is 5. The van der Waals surface area contributed by atoms with Gasteiger partial charge in [0.15, 0.2) is 5.82 Å². The molecule has 0 unspecified atom stereocenters. The van der Waals surface area contributed by atoms with Crippen LogP contribution in [-0.4, -0.2) is 31.7 Å². The van der Waals surface area contributed by atoms with E-state index in [0.717, 1.165) is 58.7 Å². The molecule has 0 bridgehead atoms. The predicted octanol–water partition coefficient (Wildman–Crippen LogP) is 4.91. The number of halogens is 1. The summed E-state index contributed by atoms with van der Waals surface area (Å²) < 4.78 is 14.2. The lowest BCUT2D eigenvalue weighted by molar-refractivity contribution is 0.313. The number of fused-ring (bicyclic) bond motifs is 3. The molecule has 6 nitrogen and oxygen atoms in total. The van der Waals surface area contributed by atoms with E-state index in [-0.39, 0.29) is 11.2 Å². The molecule has 1 aromatic carbocycles. The third-order valence-corrected chi connectivity index (χ3v) is 6.60. The molecule has 150 valence electrons. The Bertz CT molecular complexity index is 1230. The topological polar surface area (TPSA) is 70.6 Å². The molecule has 3 aromatic heterocycles. The minimum atomic E-state index is -0.173. The van der Waals surface area contributed by atoms with Crippen molar-refractivity contribution in [3.63, 3.8) is 0 Å². The Kier molecular flexibility index (Phi) is 3.84. The lowest BCUT2D eigenvalue weighted by Gasteiger charge is -2.34. The number of anilines is 2. The highest BCUT2D eigenvalue weighted by molar-refractivity contribution is 5.91. The van der Waals surface area contributed by atoms with Gasteiger partial charge < -0.3 is 4.90 Å². The smallest absolute Gasteiger partial charge is 0.163 e. The minimum Gasteiger partial charge on any atom is -0.323 e. The summed E-state index contributed by atoms with van der Waals surface area (Å²) in [6.45, 7) is 0.801. The first-order valence-electron chi connectivity index (χ1n) is 10.4. The molecular weight excluding hydrogens is 379 g/mol. The molecule has 1 saturated carbocycles. The summed E-state index contributed by atoms with van der Waals surface area (Å²) in [5, 5.41) is 6.87. The first-order chi connectivity index (χ1) is 14.7. The second kappa shape index (κ2) is 6.58. The number of benzene rings is 1. The van der Waals surface area contributed by atoms with Gasteiger partial charge in [-0.1, -0.05) is 19.3 Å². The van der Waals surface area contributed by atoms with Crippen LogP contribution in [0.15, 0.2) is 49.1 Å². The zero-order chi connectivity index (χ0) is 20.1. The van der Waals surface area contributed by atoms with Gasteiger partial charge >= 0.3 is 0 Å². The van der Waals surface area contributed by atoms with Crippen LogP contribution in [0, 0.1) is 5.82 Å². The highest BCUT2D eigenvalue weighted by Gasteiger charge is 2.44. The molecule has 30 heavy (non-hydrogen) atoms. The Balaban J connectivity index is 1.53. The zero-order valence-electron chi connectivity index (χ0n) is 16.5. The summed E-state index contributed by atoms with van der Waals surface area (Å²) in [4.78, 5) is 16.2. The first-order valence-corrected chi connectivity index (χ1v) is 10.4. The molecule has 1 aliphatic heterocycles. The summed E-state index contributed by atoms with van der Waals surface area (Å²) in [6, 6.07) is 9.07. The van der Waals surface area contributed by atoms with E-state index >= 15 is 0 Å². The van der Waals surface area contributed by atoms with Gasteiger partial charge in [0.05, 0.1) is 17.4 Å². The third-order valence-electron chi connectivity index (χ3n) is 6.60. The summed E-state index contributed by atoms with van der Waals surface area (Å²) >= 11 is 0. The van der Waals surface area contributed by atoms with E-state index in [9.17, 15) is 4.39 Å². The summed E-state index contributed by atoms with van der Waals surface area (Å²) in [5.41, 5.74) is 5.40. The number of nitrogens with one attached hydrogen (secondary N) is 1. The van der Waals surface area contributed by atoms with Crippen LogP contribution in [0.2, 0.25) is 0 Å². The Morgan fingerprint density at radius 3 is 2.77 bits per heavy atom. The highest BCUT2D eigenvalue weighted by Crippen LogP contribution is 2.51. The fourth-order valence-corrected chi connectivity index (χ4v) is 5.16. The molecule has 1 N–H and O–H groups in total. The largest absolute Gasteiger partial charge is 0.323 e. The second-order valence-corrected chi connectivity index (χ2v) is 8.34. The van der Waals surface area contributed by atoms with E-state index in [2.05, 4.69) is 25.1 Å². The van der Waals surface area contributed by atoms with Crippen LogP contribution >= 0.6 is 0 Å². The van der Waals surface area contributed by atoms with Crippen molar-refractivity contribution in [3.05, 3.63) is 60.4 Å². The van der Waals surface area contributed by atoms with Crippen LogP contribution in [0.1, 0.15) is 37.7 Å². The van der Waals surface area contributed by atoms with E-state index < -0.39 is 0 Å².